The molecule has 0 aromatic heterocycles. The van der Waals surface area contributed by atoms with E-state index < -0.39 is 17.4 Å². The van der Waals surface area contributed by atoms with Crippen molar-refractivity contribution in [2.45, 2.75) is 50.1 Å². The first-order valence-electron chi connectivity index (χ1n) is 9.31. The van der Waals surface area contributed by atoms with Crippen molar-refractivity contribution >= 4 is 11.9 Å². The Hall–Kier alpha value is -2.62. The lowest BCUT2D eigenvalue weighted by Crippen LogP contribution is -2.60. The van der Waals surface area contributed by atoms with Crippen molar-refractivity contribution < 1.29 is 14.7 Å². The van der Waals surface area contributed by atoms with Gasteiger partial charge < -0.3 is 10.0 Å². The molecule has 1 amide bonds. The van der Waals surface area contributed by atoms with Crippen molar-refractivity contribution in [3.8, 4) is 0 Å². The number of carboxylic acids is 1. The minimum absolute atomic E-state index is 0.0381. The molecule has 0 saturated heterocycles. The predicted octanol–water partition coefficient (Wildman–Crippen LogP) is 4.21. The number of carboxylic acid groups (broad SMARTS) is 1. The summed E-state index contributed by atoms with van der Waals surface area (Å²) in [5, 5.41) is 10.1. The Bertz CT molecular complexity index is 824. The zero-order valence-corrected chi connectivity index (χ0v) is 14.7. The van der Waals surface area contributed by atoms with E-state index in [1.165, 1.54) is 0 Å². The highest BCUT2D eigenvalue weighted by Crippen LogP contribution is 2.49. The molecule has 1 fully saturated rings. The highest BCUT2D eigenvalue weighted by molar-refractivity contribution is 6.01. The Morgan fingerprint density at radius 1 is 1.00 bits per heavy atom. The highest BCUT2D eigenvalue weighted by atomic mass is 16.4. The van der Waals surface area contributed by atoms with Gasteiger partial charge in [-0.2, -0.15) is 0 Å². The van der Waals surface area contributed by atoms with Crippen molar-refractivity contribution in [1.82, 2.24) is 4.90 Å². The summed E-state index contributed by atoms with van der Waals surface area (Å²) in [6, 6.07) is 17.1. The molecule has 0 unspecified atom stereocenters. The Morgan fingerprint density at radius 2 is 1.65 bits per heavy atom. The molecule has 1 N–H and O–H groups in total. The molecular weight excluding hydrogens is 326 g/mol. The van der Waals surface area contributed by atoms with E-state index in [4.69, 9.17) is 0 Å². The summed E-state index contributed by atoms with van der Waals surface area (Å²) >= 11 is 0. The predicted molar refractivity (Wildman–Crippen MR) is 99.0 cm³/mol. The Labute approximate surface area is 153 Å². The highest BCUT2D eigenvalue weighted by Gasteiger charge is 2.54. The lowest BCUT2D eigenvalue weighted by Gasteiger charge is -2.53. The summed E-state index contributed by atoms with van der Waals surface area (Å²) in [6.07, 6.45) is 4.52. The fraction of sp³-hybridized carbons (Fsp3) is 0.364. The van der Waals surface area contributed by atoms with Gasteiger partial charge in [-0.3, -0.25) is 9.59 Å². The Kier molecular flexibility index (Phi) is 4.27. The summed E-state index contributed by atoms with van der Waals surface area (Å²) in [7, 11) is 0. The second-order valence-electron chi connectivity index (χ2n) is 7.40. The van der Waals surface area contributed by atoms with E-state index >= 15 is 0 Å². The number of aliphatic carboxylic acids is 1. The van der Waals surface area contributed by atoms with Crippen LogP contribution >= 0.6 is 0 Å². The molecule has 1 aliphatic heterocycles. The van der Waals surface area contributed by atoms with Gasteiger partial charge in [0.2, 0.25) is 0 Å². The molecule has 2 aliphatic rings. The Balaban J connectivity index is 1.87. The quantitative estimate of drug-likeness (QED) is 0.903. The van der Waals surface area contributed by atoms with E-state index in [-0.39, 0.29) is 5.91 Å². The lowest BCUT2D eigenvalue weighted by molar-refractivity contribution is -0.144. The van der Waals surface area contributed by atoms with E-state index in [1.807, 2.05) is 53.4 Å². The number of rotatable bonds is 3. The van der Waals surface area contributed by atoms with Gasteiger partial charge in [-0.1, -0.05) is 67.8 Å². The summed E-state index contributed by atoms with van der Waals surface area (Å²) in [5.74, 6) is -1.53. The fourth-order valence-corrected chi connectivity index (χ4v) is 4.82. The minimum atomic E-state index is -0.829. The van der Waals surface area contributed by atoms with E-state index in [0.717, 1.165) is 37.7 Å². The molecule has 1 saturated carbocycles. The van der Waals surface area contributed by atoms with Gasteiger partial charge in [0.05, 0.1) is 5.54 Å². The van der Waals surface area contributed by atoms with Crippen LogP contribution in [0, 0.1) is 0 Å². The van der Waals surface area contributed by atoms with E-state index in [2.05, 4.69) is 0 Å². The van der Waals surface area contributed by atoms with Crippen molar-refractivity contribution in [3.63, 3.8) is 0 Å². The van der Waals surface area contributed by atoms with Crippen LogP contribution in [0.2, 0.25) is 0 Å². The molecule has 26 heavy (non-hydrogen) atoms. The average molecular weight is 349 g/mol. The topological polar surface area (TPSA) is 57.6 Å². The van der Waals surface area contributed by atoms with Crippen LogP contribution in [0.25, 0.3) is 0 Å². The van der Waals surface area contributed by atoms with Gasteiger partial charge >= 0.3 is 5.97 Å². The number of amides is 1. The zero-order valence-electron chi connectivity index (χ0n) is 14.7. The second-order valence-corrected chi connectivity index (χ2v) is 7.40. The molecule has 1 aliphatic carbocycles. The maximum absolute atomic E-state index is 13.4. The third-order valence-electron chi connectivity index (χ3n) is 5.97. The van der Waals surface area contributed by atoms with Crippen LogP contribution in [0.15, 0.2) is 54.6 Å². The molecule has 134 valence electrons. The second kappa shape index (κ2) is 6.60. The van der Waals surface area contributed by atoms with Crippen LogP contribution in [0.5, 0.6) is 0 Å². The van der Waals surface area contributed by atoms with Crippen molar-refractivity contribution in [2.75, 3.05) is 0 Å². The molecule has 4 heteroatoms. The standard InChI is InChI=1S/C22H23NO3/c24-20-18-12-6-5-11-17(18)19(21(25)26)22(13-7-2-8-14-22)23(20)15-16-9-3-1-4-10-16/h1,3-6,9-12,19H,2,7-8,13-15H2,(H,25,26)/t19-/m0/s1. The first-order chi connectivity index (χ1) is 12.6. The van der Waals surface area contributed by atoms with Crippen LogP contribution in [0.1, 0.15) is 59.5 Å². The lowest BCUT2D eigenvalue weighted by atomic mass is 9.65. The van der Waals surface area contributed by atoms with Crippen molar-refractivity contribution in [1.29, 1.82) is 0 Å². The largest absolute Gasteiger partial charge is 0.481 e. The smallest absolute Gasteiger partial charge is 0.313 e. The van der Waals surface area contributed by atoms with Crippen LogP contribution in [0.3, 0.4) is 0 Å². The van der Waals surface area contributed by atoms with Crippen molar-refractivity contribution in [2.24, 2.45) is 0 Å². The van der Waals surface area contributed by atoms with Gasteiger partial charge in [-0.25, -0.2) is 0 Å². The van der Waals surface area contributed by atoms with E-state index in [0.29, 0.717) is 17.7 Å². The molecule has 4 rings (SSSR count). The molecule has 2 aromatic rings. The summed E-state index contributed by atoms with van der Waals surface area (Å²) in [5.41, 5.74) is 1.61. The van der Waals surface area contributed by atoms with Crippen molar-refractivity contribution in [3.05, 3.63) is 71.3 Å². The molecular formula is C22H23NO3. The number of fused-ring (bicyclic) bond motifs is 1. The molecule has 0 bridgehead atoms. The maximum atomic E-state index is 13.4. The molecule has 1 atom stereocenters. The average Bonchev–Trinajstić information content (AvgIpc) is 2.67. The number of nitrogens with zero attached hydrogens (tertiary/aromatic N) is 1. The monoisotopic (exact) mass is 349 g/mol. The van der Waals surface area contributed by atoms with Gasteiger partial charge in [0, 0.05) is 12.1 Å². The zero-order chi connectivity index (χ0) is 18.1. The third kappa shape index (κ3) is 2.61. The number of carbonyl (C=O) groups is 2. The maximum Gasteiger partial charge on any atom is 0.313 e. The molecule has 2 aromatic carbocycles. The molecule has 1 heterocycles. The van der Waals surface area contributed by atoms with Crippen LogP contribution < -0.4 is 0 Å². The SMILES string of the molecule is O=C(O)[C@@H]1c2ccccc2C(=O)N(Cc2ccccc2)C12CCCCC2. The van der Waals surface area contributed by atoms with Crippen LogP contribution in [-0.2, 0) is 11.3 Å². The first kappa shape index (κ1) is 16.8. The normalized spacial score (nSPS) is 21.5. The van der Waals surface area contributed by atoms with Gasteiger partial charge in [0.1, 0.15) is 5.92 Å². The molecule has 4 nitrogen and oxygen atoms in total. The number of carbonyl (C=O) groups excluding carboxylic acids is 1. The van der Waals surface area contributed by atoms with Gasteiger partial charge in [-0.15, -0.1) is 0 Å². The van der Waals surface area contributed by atoms with E-state index in [1.54, 1.807) is 6.07 Å². The van der Waals surface area contributed by atoms with E-state index in [9.17, 15) is 14.7 Å². The number of hydrogen-bond acceptors (Lipinski definition) is 2. The first-order valence-corrected chi connectivity index (χ1v) is 9.31. The third-order valence-corrected chi connectivity index (χ3v) is 5.97. The van der Waals surface area contributed by atoms with Gasteiger partial charge in [-0.05, 0) is 30.0 Å². The fourth-order valence-electron chi connectivity index (χ4n) is 4.82. The molecule has 1 spiro atoms. The summed E-state index contributed by atoms with van der Waals surface area (Å²) < 4.78 is 0. The van der Waals surface area contributed by atoms with Crippen LogP contribution in [0.4, 0.5) is 0 Å². The molecule has 0 radical (unpaired) electrons. The van der Waals surface area contributed by atoms with Gasteiger partial charge in [0.25, 0.3) is 5.91 Å². The number of hydrogen-bond donors (Lipinski definition) is 1. The van der Waals surface area contributed by atoms with Gasteiger partial charge in [0.15, 0.2) is 0 Å². The summed E-state index contributed by atoms with van der Waals surface area (Å²) in [4.78, 5) is 27.6. The van der Waals surface area contributed by atoms with Crippen LogP contribution in [-0.4, -0.2) is 27.4 Å². The minimum Gasteiger partial charge on any atom is -0.481 e. The Morgan fingerprint density at radius 3 is 2.35 bits per heavy atom. The summed E-state index contributed by atoms with van der Waals surface area (Å²) in [6.45, 7) is 0.456. The number of benzene rings is 2.